The highest BCUT2D eigenvalue weighted by Crippen LogP contribution is 2.45. The van der Waals surface area contributed by atoms with Gasteiger partial charge in [0.15, 0.2) is 6.29 Å². The molecule has 0 aliphatic carbocycles. The molecule has 2 N–H and O–H groups in total. The lowest BCUT2D eigenvalue weighted by molar-refractivity contribution is -0.0892. The van der Waals surface area contributed by atoms with Crippen LogP contribution in [0.1, 0.15) is 39.5 Å². The fraction of sp³-hybridized carbons (Fsp3) is 0.583. The summed E-state index contributed by atoms with van der Waals surface area (Å²) in [6.45, 7) is 8.05. The Morgan fingerprint density at radius 2 is 1.71 bits per heavy atom. The van der Waals surface area contributed by atoms with Gasteiger partial charge in [-0.25, -0.2) is 0 Å². The second-order valence-corrected chi connectivity index (χ2v) is 5.09. The number of hydrogen-bond acceptors (Lipinski definition) is 4. The molecule has 5 heteroatoms. The van der Waals surface area contributed by atoms with Crippen molar-refractivity contribution in [3.8, 4) is 0 Å². The molecule has 1 fully saturated rings. The predicted octanol–water partition coefficient (Wildman–Crippen LogP) is 2.69. The molecule has 1 aliphatic heterocycles. The second-order valence-electron chi connectivity index (χ2n) is 5.09. The third kappa shape index (κ3) is 2.39. The van der Waals surface area contributed by atoms with Gasteiger partial charge in [0.1, 0.15) is 0 Å². The Balaban J connectivity index is 0.00000144. The zero-order chi connectivity index (χ0) is 12.0. The van der Waals surface area contributed by atoms with Crippen LogP contribution in [-0.2, 0) is 9.47 Å². The van der Waals surface area contributed by atoms with Gasteiger partial charge >= 0.3 is 0 Å². The Labute approximate surface area is 108 Å². The maximum Gasteiger partial charge on any atom is 0.188 e. The maximum absolute atomic E-state index is 5.89. The standard InChI is InChI=1S/C12H18N2O2.ClH/c1-11(2)12(3,4)16-10(15-11)8-7-14-6-5-9(8)13;/h5-7,10H,1-4H3,(H2,13,14);1H. The summed E-state index contributed by atoms with van der Waals surface area (Å²) in [6.07, 6.45) is 2.92. The fourth-order valence-corrected chi connectivity index (χ4v) is 1.58. The summed E-state index contributed by atoms with van der Waals surface area (Å²) in [4.78, 5) is 4.05. The van der Waals surface area contributed by atoms with E-state index in [2.05, 4.69) is 4.98 Å². The van der Waals surface area contributed by atoms with Gasteiger partial charge in [0, 0.05) is 23.6 Å². The lowest BCUT2D eigenvalue weighted by Crippen LogP contribution is -2.41. The molecule has 1 aromatic heterocycles. The van der Waals surface area contributed by atoms with E-state index < -0.39 is 6.29 Å². The molecule has 0 unspecified atom stereocenters. The predicted molar refractivity (Wildman–Crippen MR) is 69.0 cm³/mol. The summed E-state index contributed by atoms with van der Waals surface area (Å²) in [5.74, 6) is 0. The van der Waals surface area contributed by atoms with Crippen molar-refractivity contribution >= 4 is 18.1 Å². The molecule has 2 heterocycles. The highest BCUT2D eigenvalue weighted by Gasteiger charge is 2.49. The quantitative estimate of drug-likeness (QED) is 0.841. The van der Waals surface area contributed by atoms with Crippen LogP contribution in [0, 0.1) is 0 Å². The largest absolute Gasteiger partial charge is 0.398 e. The van der Waals surface area contributed by atoms with Gasteiger partial charge in [-0.1, -0.05) is 0 Å². The van der Waals surface area contributed by atoms with E-state index in [9.17, 15) is 0 Å². The van der Waals surface area contributed by atoms with Gasteiger partial charge in [0.25, 0.3) is 0 Å². The van der Waals surface area contributed by atoms with Gasteiger partial charge in [-0.3, -0.25) is 4.98 Å². The molecule has 96 valence electrons. The van der Waals surface area contributed by atoms with E-state index in [1.165, 1.54) is 0 Å². The van der Waals surface area contributed by atoms with Gasteiger partial charge in [-0.05, 0) is 33.8 Å². The van der Waals surface area contributed by atoms with Crippen molar-refractivity contribution in [2.24, 2.45) is 0 Å². The smallest absolute Gasteiger partial charge is 0.188 e. The second kappa shape index (κ2) is 4.44. The van der Waals surface area contributed by atoms with Gasteiger partial charge in [0.2, 0.25) is 0 Å². The minimum absolute atomic E-state index is 0. The first kappa shape index (κ1) is 14.2. The molecule has 1 aromatic rings. The minimum Gasteiger partial charge on any atom is -0.398 e. The summed E-state index contributed by atoms with van der Waals surface area (Å²) in [7, 11) is 0. The molecular formula is C12H19ClN2O2. The molecule has 1 saturated heterocycles. The average molecular weight is 259 g/mol. The van der Waals surface area contributed by atoms with Crippen LogP contribution in [-0.4, -0.2) is 16.2 Å². The van der Waals surface area contributed by atoms with E-state index in [1.54, 1.807) is 18.5 Å². The number of pyridine rings is 1. The van der Waals surface area contributed by atoms with Crippen LogP contribution in [0.25, 0.3) is 0 Å². The molecule has 0 saturated carbocycles. The van der Waals surface area contributed by atoms with Crippen LogP contribution < -0.4 is 5.73 Å². The molecule has 2 rings (SSSR count). The van der Waals surface area contributed by atoms with Crippen molar-refractivity contribution in [2.75, 3.05) is 5.73 Å². The van der Waals surface area contributed by atoms with Crippen LogP contribution in [0.3, 0.4) is 0 Å². The van der Waals surface area contributed by atoms with E-state index in [-0.39, 0.29) is 23.6 Å². The van der Waals surface area contributed by atoms with Crippen LogP contribution in [0.15, 0.2) is 18.5 Å². The zero-order valence-corrected chi connectivity index (χ0v) is 11.4. The van der Waals surface area contributed by atoms with E-state index in [0.29, 0.717) is 5.69 Å². The Morgan fingerprint density at radius 3 is 2.18 bits per heavy atom. The Kier molecular flexibility index (Phi) is 3.72. The number of aromatic nitrogens is 1. The molecule has 17 heavy (non-hydrogen) atoms. The number of nitrogen functional groups attached to an aromatic ring is 1. The molecule has 0 spiro atoms. The van der Waals surface area contributed by atoms with Crippen molar-refractivity contribution in [3.63, 3.8) is 0 Å². The zero-order valence-electron chi connectivity index (χ0n) is 10.6. The first-order valence-corrected chi connectivity index (χ1v) is 5.38. The highest BCUT2D eigenvalue weighted by atomic mass is 35.5. The lowest BCUT2D eigenvalue weighted by Gasteiger charge is -2.30. The summed E-state index contributed by atoms with van der Waals surface area (Å²) >= 11 is 0. The normalized spacial score (nSPS) is 22.1. The number of hydrogen-bond donors (Lipinski definition) is 1. The van der Waals surface area contributed by atoms with Crippen molar-refractivity contribution < 1.29 is 9.47 Å². The average Bonchev–Trinajstić information content (AvgIpc) is 2.36. The molecule has 1 aliphatic rings. The lowest BCUT2D eigenvalue weighted by atomic mass is 9.90. The fourth-order valence-electron chi connectivity index (χ4n) is 1.58. The first-order chi connectivity index (χ1) is 7.33. The molecule has 4 nitrogen and oxygen atoms in total. The van der Waals surface area contributed by atoms with E-state index in [4.69, 9.17) is 15.2 Å². The number of halogens is 1. The van der Waals surface area contributed by atoms with Crippen LogP contribution >= 0.6 is 12.4 Å². The molecule has 0 aromatic carbocycles. The van der Waals surface area contributed by atoms with Crippen molar-refractivity contribution in [1.82, 2.24) is 4.98 Å². The number of ether oxygens (including phenoxy) is 2. The summed E-state index contributed by atoms with van der Waals surface area (Å²) in [5.41, 5.74) is 6.62. The summed E-state index contributed by atoms with van der Waals surface area (Å²) < 4.78 is 11.8. The molecule has 0 amide bonds. The Bertz CT molecular complexity index is 391. The summed E-state index contributed by atoms with van der Waals surface area (Å²) in [5, 5.41) is 0. The van der Waals surface area contributed by atoms with Gasteiger partial charge in [-0.2, -0.15) is 0 Å². The molecule has 0 bridgehead atoms. The molecule has 0 radical (unpaired) electrons. The van der Waals surface area contributed by atoms with E-state index in [1.807, 2.05) is 27.7 Å². The third-order valence-electron chi connectivity index (χ3n) is 3.39. The number of anilines is 1. The number of nitrogens with two attached hydrogens (primary N) is 1. The molecule has 0 atom stereocenters. The SMILES string of the molecule is CC1(C)OC(c2cnccc2N)OC1(C)C.Cl. The first-order valence-electron chi connectivity index (χ1n) is 5.38. The van der Waals surface area contributed by atoms with Crippen LogP contribution in [0.2, 0.25) is 0 Å². The topological polar surface area (TPSA) is 57.4 Å². The third-order valence-corrected chi connectivity index (χ3v) is 3.39. The summed E-state index contributed by atoms with van der Waals surface area (Å²) in [6, 6.07) is 1.75. The van der Waals surface area contributed by atoms with Crippen molar-refractivity contribution in [2.45, 2.75) is 45.2 Å². The highest BCUT2D eigenvalue weighted by molar-refractivity contribution is 5.85. The number of nitrogens with zero attached hydrogens (tertiary/aromatic N) is 1. The number of rotatable bonds is 1. The van der Waals surface area contributed by atoms with E-state index >= 15 is 0 Å². The van der Waals surface area contributed by atoms with Crippen molar-refractivity contribution in [1.29, 1.82) is 0 Å². The van der Waals surface area contributed by atoms with Gasteiger partial charge in [0.05, 0.1) is 11.2 Å². The monoisotopic (exact) mass is 258 g/mol. The Morgan fingerprint density at radius 1 is 1.18 bits per heavy atom. The van der Waals surface area contributed by atoms with Crippen molar-refractivity contribution in [3.05, 3.63) is 24.0 Å². The van der Waals surface area contributed by atoms with Gasteiger partial charge < -0.3 is 15.2 Å². The van der Waals surface area contributed by atoms with Crippen LogP contribution in [0.4, 0.5) is 5.69 Å². The van der Waals surface area contributed by atoms with Gasteiger partial charge in [-0.15, -0.1) is 12.4 Å². The van der Waals surface area contributed by atoms with E-state index in [0.717, 1.165) is 5.56 Å². The Hall–Kier alpha value is -0.840. The van der Waals surface area contributed by atoms with Crippen LogP contribution in [0.5, 0.6) is 0 Å². The molecular weight excluding hydrogens is 240 g/mol. The maximum atomic E-state index is 5.89. The minimum atomic E-state index is -0.432.